The molecule has 1 heterocycles. The molecular formula is C15H29N3. The van der Waals surface area contributed by atoms with Gasteiger partial charge in [0.1, 0.15) is 0 Å². The Morgan fingerprint density at radius 3 is 2.33 bits per heavy atom. The second-order valence-electron chi connectivity index (χ2n) is 5.68. The molecule has 1 fully saturated rings. The molecule has 1 aliphatic heterocycles. The van der Waals surface area contributed by atoms with E-state index in [4.69, 9.17) is 5.73 Å². The molecule has 2 aliphatic rings. The number of nitrogens with zero attached hydrogens (tertiary/aromatic N) is 2. The molecule has 104 valence electrons. The Labute approximate surface area is 112 Å². The largest absolute Gasteiger partial charge is 0.330 e. The monoisotopic (exact) mass is 251 g/mol. The highest BCUT2D eigenvalue weighted by Crippen LogP contribution is 2.20. The van der Waals surface area contributed by atoms with Gasteiger partial charge in [0, 0.05) is 32.7 Å². The van der Waals surface area contributed by atoms with Crippen molar-refractivity contribution in [2.45, 2.75) is 38.5 Å². The quantitative estimate of drug-likeness (QED) is 0.731. The van der Waals surface area contributed by atoms with Crippen LogP contribution in [0.4, 0.5) is 0 Å². The van der Waals surface area contributed by atoms with Crippen LogP contribution in [0.3, 0.4) is 0 Å². The van der Waals surface area contributed by atoms with Crippen molar-refractivity contribution in [2.24, 2.45) is 5.73 Å². The lowest BCUT2D eigenvalue weighted by atomic mass is 9.97. The zero-order valence-electron chi connectivity index (χ0n) is 11.7. The van der Waals surface area contributed by atoms with Crippen molar-refractivity contribution >= 4 is 0 Å². The van der Waals surface area contributed by atoms with Crippen molar-refractivity contribution in [1.29, 1.82) is 0 Å². The fourth-order valence-electron chi connectivity index (χ4n) is 2.98. The van der Waals surface area contributed by atoms with Crippen molar-refractivity contribution in [1.82, 2.24) is 9.80 Å². The molecule has 0 bridgehead atoms. The first kappa shape index (κ1) is 14.0. The average Bonchev–Trinajstić information content (AvgIpc) is 2.45. The third-order valence-corrected chi connectivity index (χ3v) is 4.28. The Kier molecular flexibility index (Phi) is 6.18. The van der Waals surface area contributed by atoms with Crippen LogP contribution in [0.25, 0.3) is 0 Å². The standard InChI is InChI=1S/C15H29N3/c16-8-4-9-17-11-13-18(14-12-17)10-7-15-5-2-1-3-6-15/h5H,1-4,6-14,16H2. The van der Waals surface area contributed by atoms with Gasteiger partial charge >= 0.3 is 0 Å². The van der Waals surface area contributed by atoms with Crippen LogP contribution in [0.5, 0.6) is 0 Å². The molecule has 0 amide bonds. The molecule has 0 aromatic carbocycles. The maximum atomic E-state index is 5.56. The summed E-state index contributed by atoms with van der Waals surface area (Å²) < 4.78 is 0. The third kappa shape index (κ3) is 4.71. The molecule has 0 atom stereocenters. The zero-order valence-corrected chi connectivity index (χ0v) is 11.7. The van der Waals surface area contributed by atoms with Gasteiger partial charge in [0.2, 0.25) is 0 Å². The van der Waals surface area contributed by atoms with E-state index in [1.807, 2.05) is 0 Å². The van der Waals surface area contributed by atoms with Gasteiger partial charge in [-0.05, 0) is 51.6 Å². The van der Waals surface area contributed by atoms with Gasteiger partial charge in [0.15, 0.2) is 0 Å². The fourth-order valence-corrected chi connectivity index (χ4v) is 2.98. The Hall–Kier alpha value is -0.380. The Bertz CT molecular complexity index is 254. The highest BCUT2D eigenvalue weighted by atomic mass is 15.3. The summed E-state index contributed by atoms with van der Waals surface area (Å²) in [6, 6.07) is 0. The van der Waals surface area contributed by atoms with Crippen LogP contribution in [0.2, 0.25) is 0 Å². The molecule has 1 saturated heterocycles. The van der Waals surface area contributed by atoms with E-state index in [1.165, 1.54) is 71.4 Å². The highest BCUT2D eigenvalue weighted by molar-refractivity contribution is 5.05. The Balaban J connectivity index is 1.60. The van der Waals surface area contributed by atoms with Gasteiger partial charge in [0.05, 0.1) is 0 Å². The van der Waals surface area contributed by atoms with E-state index in [0.29, 0.717) is 0 Å². The first-order valence-corrected chi connectivity index (χ1v) is 7.71. The summed E-state index contributed by atoms with van der Waals surface area (Å²) in [4.78, 5) is 5.19. The summed E-state index contributed by atoms with van der Waals surface area (Å²) >= 11 is 0. The van der Waals surface area contributed by atoms with E-state index in [2.05, 4.69) is 15.9 Å². The van der Waals surface area contributed by atoms with Crippen LogP contribution in [-0.2, 0) is 0 Å². The van der Waals surface area contributed by atoms with Gasteiger partial charge in [-0.3, -0.25) is 0 Å². The number of hydrogen-bond donors (Lipinski definition) is 1. The predicted octanol–water partition coefficient (Wildman–Crippen LogP) is 1.84. The first-order valence-electron chi connectivity index (χ1n) is 7.71. The smallest absolute Gasteiger partial charge is 0.0110 e. The molecule has 2 rings (SSSR count). The van der Waals surface area contributed by atoms with Gasteiger partial charge in [-0.25, -0.2) is 0 Å². The summed E-state index contributed by atoms with van der Waals surface area (Å²) in [7, 11) is 0. The minimum absolute atomic E-state index is 0.828. The maximum absolute atomic E-state index is 5.56. The van der Waals surface area contributed by atoms with E-state index < -0.39 is 0 Å². The summed E-state index contributed by atoms with van der Waals surface area (Å²) in [6.07, 6.45) is 10.4. The minimum Gasteiger partial charge on any atom is -0.330 e. The molecule has 2 N–H and O–H groups in total. The number of piperazine rings is 1. The second-order valence-corrected chi connectivity index (χ2v) is 5.68. The molecular weight excluding hydrogens is 222 g/mol. The highest BCUT2D eigenvalue weighted by Gasteiger charge is 2.16. The molecule has 0 saturated carbocycles. The fraction of sp³-hybridized carbons (Fsp3) is 0.867. The molecule has 0 aromatic heterocycles. The average molecular weight is 251 g/mol. The number of allylic oxidation sites excluding steroid dienone is 1. The van der Waals surface area contributed by atoms with Crippen LogP contribution in [0.15, 0.2) is 11.6 Å². The zero-order chi connectivity index (χ0) is 12.6. The normalized spacial score (nSPS) is 23.1. The van der Waals surface area contributed by atoms with Crippen LogP contribution in [0, 0.1) is 0 Å². The number of hydrogen-bond acceptors (Lipinski definition) is 3. The van der Waals surface area contributed by atoms with E-state index in [1.54, 1.807) is 5.57 Å². The lowest BCUT2D eigenvalue weighted by Crippen LogP contribution is -2.47. The van der Waals surface area contributed by atoms with Crippen molar-refractivity contribution in [3.63, 3.8) is 0 Å². The summed E-state index contributed by atoms with van der Waals surface area (Å²) in [6.45, 7) is 8.26. The van der Waals surface area contributed by atoms with E-state index >= 15 is 0 Å². The SMILES string of the molecule is NCCCN1CCN(CCC2=CCCCC2)CC1. The molecule has 0 unspecified atom stereocenters. The number of nitrogens with two attached hydrogens (primary N) is 1. The molecule has 3 heteroatoms. The van der Waals surface area contributed by atoms with Gasteiger partial charge < -0.3 is 15.5 Å². The second kappa shape index (κ2) is 7.93. The Morgan fingerprint density at radius 2 is 1.72 bits per heavy atom. The van der Waals surface area contributed by atoms with Crippen molar-refractivity contribution in [2.75, 3.05) is 45.8 Å². The molecule has 0 radical (unpaired) electrons. The van der Waals surface area contributed by atoms with Gasteiger partial charge in [-0.1, -0.05) is 11.6 Å². The maximum Gasteiger partial charge on any atom is 0.0110 e. The van der Waals surface area contributed by atoms with E-state index in [-0.39, 0.29) is 0 Å². The van der Waals surface area contributed by atoms with Gasteiger partial charge in [0.25, 0.3) is 0 Å². The van der Waals surface area contributed by atoms with Crippen molar-refractivity contribution in [3.8, 4) is 0 Å². The summed E-state index contributed by atoms with van der Waals surface area (Å²) in [5.41, 5.74) is 7.27. The third-order valence-electron chi connectivity index (χ3n) is 4.28. The molecule has 1 aliphatic carbocycles. The molecule has 0 aromatic rings. The summed E-state index contributed by atoms with van der Waals surface area (Å²) in [5.74, 6) is 0. The topological polar surface area (TPSA) is 32.5 Å². The lowest BCUT2D eigenvalue weighted by Gasteiger charge is -2.35. The summed E-state index contributed by atoms with van der Waals surface area (Å²) in [5, 5.41) is 0. The Morgan fingerprint density at radius 1 is 1.00 bits per heavy atom. The van der Waals surface area contributed by atoms with Crippen LogP contribution in [0.1, 0.15) is 38.5 Å². The lowest BCUT2D eigenvalue weighted by molar-refractivity contribution is 0.133. The molecule has 3 nitrogen and oxygen atoms in total. The van der Waals surface area contributed by atoms with E-state index in [0.717, 1.165) is 13.0 Å². The van der Waals surface area contributed by atoms with Crippen molar-refractivity contribution in [3.05, 3.63) is 11.6 Å². The van der Waals surface area contributed by atoms with E-state index in [9.17, 15) is 0 Å². The van der Waals surface area contributed by atoms with Crippen molar-refractivity contribution < 1.29 is 0 Å². The predicted molar refractivity (Wildman–Crippen MR) is 77.7 cm³/mol. The minimum atomic E-state index is 0.828. The van der Waals surface area contributed by atoms with Crippen LogP contribution in [-0.4, -0.2) is 55.6 Å². The first-order chi connectivity index (χ1) is 8.88. The molecule has 0 spiro atoms. The van der Waals surface area contributed by atoms with Crippen LogP contribution >= 0.6 is 0 Å². The van der Waals surface area contributed by atoms with Gasteiger partial charge in [-0.15, -0.1) is 0 Å². The number of rotatable bonds is 6. The molecule has 18 heavy (non-hydrogen) atoms. The van der Waals surface area contributed by atoms with Gasteiger partial charge in [-0.2, -0.15) is 0 Å². The van der Waals surface area contributed by atoms with Crippen LogP contribution < -0.4 is 5.73 Å².